The van der Waals surface area contributed by atoms with Gasteiger partial charge in [0.2, 0.25) is 0 Å². The predicted octanol–water partition coefficient (Wildman–Crippen LogP) is 0.517. The standard InChI is InChI=1S/C11H13NO8S/c13-5-7-21(17,18)8-6-19-11(14)20-10-3-1-9(2-4-10)12(15)16/h1-4,13H,5-8H2. The molecular weight excluding hydrogens is 306 g/mol. The summed E-state index contributed by atoms with van der Waals surface area (Å²) in [5.41, 5.74) is -0.161. The maximum Gasteiger partial charge on any atom is 0.513 e. The number of nitro benzene ring substituents is 1. The molecule has 0 fully saturated rings. The summed E-state index contributed by atoms with van der Waals surface area (Å²) in [7, 11) is -3.47. The first-order valence-electron chi connectivity index (χ1n) is 5.74. The zero-order chi connectivity index (χ0) is 15.9. The lowest BCUT2D eigenvalue weighted by molar-refractivity contribution is -0.384. The Kier molecular flexibility index (Phi) is 6.06. The molecule has 21 heavy (non-hydrogen) atoms. The summed E-state index contributed by atoms with van der Waals surface area (Å²) in [6, 6.07) is 4.71. The maximum absolute atomic E-state index is 11.3. The molecule has 0 saturated heterocycles. The van der Waals surface area contributed by atoms with E-state index in [0.29, 0.717) is 0 Å². The molecule has 1 aromatic rings. The molecule has 0 atom stereocenters. The summed E-state index contributed by atoms with van der Waals surface area (Å²) in [5, 5.41) is 18.9. The molecule has 0 radical (unpaired) electrons. The average molecular weight is 319 g/mol. The van der Waals surface area contributed by atoms with Crippen LogP contribution < -0.4 is 4.74 Å². The van der Waals surface area contributed by atoms with E-state index >= 15 is 0 Å². The van der Waals surface area contributed by atoms with Crippen molar-refractivity contribution in [2.24, 2.45) is 0 Å². The molecule has 1 aromatic carbocycles. The normalized spacial score (nSPS) is 10.9. The van der Waals surface area contributed by atoms with Crippen LogP contribution in [-0.2, 0) is 14.6 Å². The molecule has 1 N–H and O–H groups in total. The minimum absolute atomic E-state index is 0.0313. The number of aliphatic hydroxyl groups excluding tert-OH is 1. The Labute approximate surface area is 120 Å². The molecule has 0 aliphatic rings. The van der Waals surface area contributed by atoms with Crippen molar-refractivity contribution in [1.29, 1.82) is 0 Å². The number of nitrogens with zero attached hydrogens (tertiary/aromatic N) is 1. The number of hydrogen-bond acceptors (Lipinski definition) is 8. The van der Waals surface area contributed by atoms with Gasteiger partial charge in [-0.05, 0) is 12.1 Å². The van der Waals surface area contributed by atoms with Crippen LogP contribution in [-0.4, -0.2) is 49.3 Å². The van der Waals surface area contributed by atoms with Crippen molar-refractivity contribution in [3.63, 3.8) is 0 Å². The van der Waals surface area contributed by atoms with Crippen molar-refractivity contribution < 1.29 is 32.7 Å². The third-order valence-electron chi connectivity index (χ3n) is 2.27. The Hall–Kier alpha value is -2.20. The number of carbonyl (C=O) groups excluding carboxylic acids is 1. The minimum atomic E-state index is -3.47. The van der Waals surface area contributed by atoms with Crippen LogP contribution in [0.25, 0.3) is 0 Å². The summed E-state index contributed by atoms with van der Waals surface area (Å²) >= 11 is 0. The molecule has 0 aliphatic carbocycles. The first kappa shape index (κ1) is 16.9. The first-order chi connectivity index (χ1) is 9.84. The second-order valence-electron chi connectivity index (χ2n) is 3.83. The van der Waals surface area contributed by atoms with E-state index in [1.807, 2.05) is 0 Å². The van der Waals surface area contributed by atoms with Gasteiger partial charge < -0.3 is 14.6 Å². The molecule has 0 aromatic heterocycles. The van der Waals surface area contributed by atoms with Gasteiger partial charge in [0.25, 0.3) is 5.69 Å². The smallest absolute Gasteiger partial charge is 0.433 e. The van der Waals surface area contributed by atoms with Crippen LogP contribution in [0.5, 0.6) is 5.75 Å². The second-order valence-corrected chi connectivity index (χ2v) is 6.13. The van der Waals surface area contributed by atoms with E-state index in [-0.39, 0.29) is 11.4 Å². The first-order valence-corrected chi connectivity index (χ1v) is 7.56. The van der Waals surface area contributed by atoms with Gasteiger partial charge in [-0.25, -0.2) is 13.2 Å². The van der Waals surface area contributed by atoms with Crippen LogP contribution in [0, 0.1) is 10.1 Å². The Balaban J connectivity index is 2.42. The van der Waals surface area contributed by atoms with Gasteiger partial charge in [-0.2, -0.15) is 0 Å². The van der Waals surface area contributed by atoms with Gasteiger partial charge in [0, 0.05) is 12.1 Å². The van der Waals surface area contributed by atoms with Crippen molar-refractivity contribution in [2.75, 3.05) is 24.7 Å². The van der Waals surface area contributed by atoms with Crippen molar-refractivity contribution in [3.8, 4) is 5.75 Å². The number of sulfone groups is 1. The Bertz CT molecular complexity index is 595. The van der Waals surface area contributed by atoms with E-state index < -0.39 is 45.6 Å². The van der Waals surface area contributed by atoms with Crippen molar-refractivity contribution in [2.45, 2.75) is 0 Å². The largest absolute Gasteiger partial charge is 0.513 e. The van der Waals surface area contributed by atoms with Crippen molar-refractivity contribution >= 4 is 21.7 Å². The van der Waals surface area contributed by atoms with E-state index in [1.165, 1.54) is 12.1 Å². The molecule has 0 saturated carbocycles. The van der Waals surface area contributed by atoms with Crippen molar-refractivity contribution in [1.82, 2.24) is 0 Å². The topological polar surface area (TPSA) is 133 Å². The lowest BCUT2D eigenvalue weighted by atomic mass is 10.3. The van der Waals surface area contributed by atoms with E-state index in [9.17, 15) is 23.3 Å². The van der Waals surface area contributed by atoms with Crippen LogP contribution >= 0.6 is 0 Å². The summed E-state index contributed by atoms with van der Waals surface area (Å²) in [4.78, 5) is 21.1. The Morgan fingerprint density at radius 2 is 1.86 bits per heavy atom. The summed E-state index contributed by atoms with van der Waals surface area (Å²) in [6.07, 6.45) is -1.12. The highest BCUT2D eigenvalue weighted by atomic mass is 32.2. The van der Waals surface area contributed by atoms with Crippen LogP contribution in [0.1, 0.15) is 0 Å². The number of hydrogen-bond donors (Lipinski definition) is 1. The van der Waals surface area contributed by atoms with Gasteiger partial charge in [0.15, 0.2) is 9.84 Å². The van der Waals surface area contributed by atoms with Gasteiger partial charge in [0.1, 0.15) is 12.4 Å². The van der Waals surface area contributed by atoms with Crippen LogP contribution in [0.3, 0.4) is 0 Å². The number of nitro groups is 1. The molecule has 10 heteroatoms. The molecule has 0 amide bonds. The van der Waals surface area contributed by atoms with E-state index in [2.05, 4.69) is 4.74 Å². The number of ether oxygens (including phenoxy) is 2. The fraction of sp³-hybridized carbons (Fsp3) is 0.364. The predicted molar refractivity (Wildman–Crippen MR) is 70.8 cm³/mol. The highest BCUT2D eigenvalue weighted by Gasteiger charge is 2.13. The number of carbonyl (C=O) groups is 1. The molecule has 0 spiro atoms. The highest BCUT2D eigenvalue weighted by Crippen LogP contribution is 2.17. The molecule has 0 bridgehead atoms. The van der Waals surface area contributed by atoms with E-state index in [0.717, 1.165) is 12.1 Å². The van der Waals surface area contributed by atoms with Crippen LogP contribution in [0.4, 0.5) is 10.5 Å². The second kappa shape index (κ2) is 7.55. The molecule has 0 unspecified atom stereocenters. The van der Waals surface area contributed by atoms with Gasteiger partial charge in [-0.1, -0.05) is 0 Å². The number of rotatable bonds is 7. The third-order valence-corrected chi connectivity index (χ3v) is 3.86. The lowest BCUT2D eigenvalue weighted by Gasteiger charge is -2.06. The zero-order valence-electron chi connectivity index (χ0n) is 10.8. The Morgan fingerprint density at radius 1 is 1.24 bits per heavy atom. The Morgan fingerprint density at radius 3 is 2.38 bits per heavy atom. The summed E-state index contributed by atoms with van der Waals surface area (Å²) in [5.74, 6) is -0.805. The molecule has 1 rings (SSSR count). The monoisotopic (exact) mass is 319 g/mol. The number of benzene rings is 1. The maximum atomic E-state index is 11.3. The SMILES string of the molecule is O=C(OCCS(=O)(=O)CCO)Oc1ccc([N+](=O)[O-])cc1. The van der Waals surface area contributed by atoms with E-state index in [4.69, 9.17) is 9.84 Å². The molecule has 0 heterocycles. The third kappa shape index (κ3) is 6.19. The lowest BCUT2D eigenvalue weighted by Crippen LogP contribution is -2.20. The average Bonchev–Trinajstić information content (AvgIpc) is 2.38. The zero-order valence-corrected chi connectivity index (χ0v) is 11.6. The van der Waals surface area contributed by atoms with Crippen molar-refractivity contribution in [3.05, 3.63) is 34.4 Å². The van der Waals surface area contributed by atoms with Crippen LogP contribution in [0.15, 0.2) is 24.3 Å². The van der Waals surface area contributed by atoms with Gasteiger partial charge in [-0.3, -0.25) is 10.1 Å². The van der Waals surface area contributed by atoms with Gasteiger partial charge in [-0.15, -0.1) is 0 Å². The highest BCUT2D eigenvalue weighted by molar-refractivity contribution is 7.91. The molecular formula is C11H13NO8S. The minimum Gasteiger partial charge on any atom is -0.433 e. The van der Waals surface area contributed by atoms with Gasteiger partial charge in [0.05, 0.1) is 23.0 Å². The van der Waals surface area contributed by atoms with Crippen LogP contribution in [0.2, 0.25) is 0 Å². The van der Waals surface area contributed by atoms with Gasteiger partial charge >= 0.3 is 6.16 Å². The quantitative estimate of drug-likeness (QED) is 0.333. The molecule has 0 aliphatic heterocycles. The fourth-order valence-corrected chi connectivity index (χ4v) is 2.07. The van der Waals surface area contributed by atoms with E-state index in [1.54, 1.807) is 0 Å². The number of aliphatic hydroxyl groups is 1. The fourth-order valence-electron chi connectivity index (χ4n) is 1.25. The summed E-state index contributed by atoms with van der Waals surface area (Å²) < 4.78 is 31.7. The molecule has 116 valence electrons. The molecule has 9 nitrogen and oxygen atoms in total. The number of non-ortho nitro benzene ring substituents is 1. The summed E-state index contributed by atoms with van der Waals surface area (Å²) in [6.45, 7) is -0.913.